The van der Waals surface area contributed by atoms with E-state index in [9.17, 15) is 0 Å². The first kappa shape index (κ1) is 13.6. The third kappa shape index (κ3) is 2.14. The predicted octanol–water partition coefficient (Wildman–Crippen LogP) is 4.36. The van der Waals surface area contributed by atoms with Crippen molar-refractivity contribution < 1.29 is 0 Å². The summed E-state index contributed by atoms with van der Waals surface area (Å²) in [4.78, 5) is 0. The maximum Gasteiger partial charge on any atom is 0.0367 e. The molecule has 1 fully saturated rings. The van der Waals surface area contributed by atoms with Crippen molar-refractivity contribution in [1.82, 2.24) is 5.32 Å². The first-order valence-electron chi connectivity index (χ1n) is 7.96. The summed E-state index contributed by atoms with van der Waals surface area (Å²) in [6.07, 6.45) is 11.9. The van der Waals surface area contributed by atoms with Crippen LogP contribution in [0, 0.1) is 0 Å². The average molecular weight is 267 g/mol. The highest BCUT2D eigenvalue weighted by Gasteiger charge is 2.47. The molecule has 1 unspecified atom stereocenters. The molecule has 2 aliphatic rings. The molecule has 1 nitrogen and oxygen atoms in total. The lowest BCUT2D eigenvalue weighted by molar-refractivity contribution is 0.420. The summed E-state index contributed by atoms with van der Waals surface area (Å²) in [5.74, 6) is 0. The summed E-state index contributed by atoms with van der Waals surface area (Å²) in [6, 6.07) is 12.2. The van der Waals surface area contributed by atoms with Gasteiger partial charge in [-0.3, -0.25) is 0 Å². The van der Waals surface area contributed by atoms with Crippen LogP contribution in [-0.2, 0) is 5.41 Å². The number of hydrogen-bond acceptors (Lipinski definition) is 1. The Hall–Kier alpha value is -1.34. The molecule has 1 heterocycles. The molecule has 1 saturated heterocycles. The summed E-state index contributed by atoms with van der Waals surface area (Å²) in [5.41, 5.74) is 3.16. The molecule has 1 aromatic carbocycles. The molecule has 1 N–H and O–H groups in total. The van der Waals surface area contributed by atoms with Crippen LogP contribution in [0.25, 0.3) is 0 Å². The van der Waals surface area contributed by atoms with Gasteiger partial charge >= 0.3 is 0 Å². The van der Waals surface area contributed by atoms with Crippen molar-refractivity contribution in [2.24, 2.45) is 0 Å². The van der Waals surface area contributed by atoms with Crippen molar-refractivity contribution in [2.45, 2.75) is 57.0 Å². The largest absolute Gasteiger partial charge is 0.310 e. The molecule has 1 aliphatic heterocycles. The highest BCUT2D eigenvalue weighted by molar-refractivity contribution is 5.47. The van der Waals surface area contributed by atoms with Gasteiger partial charge in [0.2, 0.25) is 0 Å². The molecule has 0 spiro atoms. The fourth-order valence-corrected chi connectivity index (χ4v) is 4.12. The highest BCUT2D eigenvalue weighted by Crippen LogP contribution is 2.46. The van der Waals surface area contributed by atoms with Crippen LogP contribution < -0.4 is 5.32 Å². The number of benzene rings is 1. The van der Waals surface area contributed by atoms with Crippen LogP contribution in [0.2, 0.25) is 0 Å². The van der Waals surface area contributed by atoms with Crippen LogP contribution in [0.3, 0.4) is 0 Å². The highest BCUT2D eigenvalue weighted by atomic mass is 15.0. The van der Waals surface area contributed by atoms with E-state index in [-0.39, 0.29) is 5.41 Å². The second-order valence-electron chi connectivity index (χ2n) is 6.21. The lowest BCUT2D eigenvalue weighted by atomic mass is 9.66. The molecule has 0 amide bonds. The van der Waals surface area contributed by atoms with E-state index in [2.05, 4.69) is 67.7 Å². The molecule has 106 valence electrons. The van der Waals surface area contributed by atoms with Crippen LogP contribution in [0.15, 0.2) is 54.1 Å². The third-order valence-electron chi connectivity index (χ3n) is 4.92. The molecule has 20 heavy (non-hydrogen) atoms. The first-order chi connectivity index (χ1) is 9.77. The SMILES string of the molecule is CC[C@@H]1N[C@H](C)CC1(C1=CCCC=C1)c1ccccc1. The fraction of sp³-hybridized carbons (Fsp3) is 0.474. The molecule has 3 rings (SSSR count). The second-order valence-corrected chi connectivity index (χ2v) is 6.21. The van der Waals surface area contributed by atoms with Crippen molar-refractivity contribution >= 4 is 0 Å². The van der Waals surface area contributed by atoms with Crippen LogP contribution in [-0.4, -0.2) is 12.1 Å². The van der Waals surface area contributed by atoms with Gasteiger partial charge in [0.1, 0.15) is 0 Å². The molecule has 0 radical (unpaired) electrons. The van der Waals surface area contributed by atoms with Gasteiger partial charge in [0.05, 0.1) is 0 Å². The minimum atomic E-state index is 0.159. The lowest BCUT2D eigenvalue weighted by Gasteiger charge is -2.38. The Kier molecular flexibility index (Phi) is 3.80. The number of rotatable bonds is 3. The zero-order chi connectivity index (χ0) is 14.0. The standard InChI is InChI=1S/C19H25N/c1-3-18-19(14-15(2)20-18,16-10-6-4-7-11-16)17-12-8-5-9-13-17/h4,6-8,10-13,15,18,20H,3,5,9,14H2,1-2H3/t15-,18+,19?/m1/s1. The summed E-state index contributed by atoms with van der Waals surface area (Å²) in [7, 11) is 0. The lowest BCUT2D eigenvalue weighted by Crippen LogP contribution is -2.41. The van der Waals surface area contributed by atoms with E-state index in [1.54, 1.807) is 0 Å². The number of nitrogens with one attached hydrogen (secondary N) is 1. The Balaban J connectivity index is 2.12. The molecule has 1 aromatic rings. The number of hydrogen-bond donors (Lipinski definition) is 1. The van der Waals surface area contributed by atoms with E-state index in [4.69, 9.17) is 0 Å². The molecule has 0 saturated carbocycles. The summed E-state index contributed by atoms with van der Waals surface area (Å²) in [5, 5.41) is 3.82. The van der Waals surface area contributed by atoms with Crippen molar-refractivity contribution in [3.05, 3.63) is 59.7 Å². The minimum absolute atomic E-state index is 0.159. The zero-order valence-electron chi connectivity index (χ0n) is 12.6. The Morgan fingerprint density at radius 2 is 2.00 bits per heavy atom. The third-order valence-corrected chi connectivity index (χ3v) is 4.92. The van der Waals surface area contributed by atoms with Crippen LogP contribution >= 0.6 is 0 Å². The van der Waals surface area contributed by atoms with Crippen LogP contribution in [0.4, 0.5) is 0 Å². The predicted molar refractivity (Wildman–Crippen MR) is 85.9 cm³/mol. The monoisotopic (exact) mass is 267 g/mol. The van der Waals surface area contributed by atoms with E-state index in [1.165, 1.54) is 36.8 Å². The summed E-state index contributed by atoms with van der Waals surface area (Å²) < 4.78 is 0. The van der Waals surface area contributed by atoms with E-state index >= 15 is 0 Å². The van der Waals surface area contributed by atoms with Gasteiger partial charge in [0, 0.05) is 17.5 Å². The molecular formula is C19H25N. The Morgan fingerprint density at radius 3 is 2.65 bits per heavy atom. The zero-order valence-corrected chi connectivity index (χ0v) is 12.6. The van der Waals surface area contributed by atoms with Gasteiger partial charge in [0.25, 0.3) is 0 Å². The quantitative estimate of drug-likeness (QED) is 0.858. The van der Waals surface area contributed by atoms with Gasteiger partial charge in [-0.2, -0.15) is 0 Å². The molecule has 1 aliphatic carbocycles. The van der Waals surface area contributed by atoms with Crippen molar-refractivity contribution in [1.29, 1.82) is 0 Å². The van der Waals surface area contributed by atoms with Gasteiger partial charge in [-0.05, 0) is 43.7 Å². The van der Waals surface area contributed by atoms with E-state index in [0.717, 1.165) is 0 Å². The van der Waals surface area contributed by atoms with Gasteiger partial charge in [-0.15, -0.1) is 0 Å². The van der Waals surface area contributed by atoms with Crippen LogP contribution in [0.1, 0.15) is 45.1 Å². The Morgan fingerprint density at radius 1 is 1.20 bits per heavy atom. The van der Waals surface area contributed by atoms with Crippen molar-refractivity contribution in [3.8, 4) is 0 Å². The second kappa shape index (κ2) is 5.57. The summed E-state index contributed by atoms with van der Waals surface area (Å²) >= 11 is 0. The Bertz CT molecular complexity index is 514. The van der Waals surface area contributed by atoms with Gasteiger partial charge in [0.15, 0.2) is 0 Å². The van der Waals surface area contributed by atoms with Crippen molar-refractivity contribution in [2.75, 3.05) is 0 Å². The molecule has 3 atom stereocenters. The van der Waals surface area contributed by atoms with E-state index in [1.807, 2.05) is 0 Å². The first-order valence-corrected chi connectivity index (χ1v) is 7.96. The van der Waals surface area contributed by atoms with Gasteiger partial charge < -0.3 is 5.32 Å². The topological polar surface area (TPSA) is 12.0 Å². The maximum atomic E-state index is 3.82. The molecular weight excluding hydrogens is 242 g/mol. The molecule has 0 bridgehead atoms. The van der Waals surface area contributed by atoms with Gasteiger partial charge in [-0.1, -0.05) is 55.5 Å². The smallest absolute Gasteiger partial charge is 0.0367 e. The fourth-order valence-electron chi connectivity index (χ4n) is 4.12. The normalized spacial score (nSPS) is 33.2. The van der Waals surface area contributed by atoms with Crippen molar-refractivity contribution in [3.63, 3.8) is 0 Å². The molecule has 1 heteroatoms. The minimum Gasteiger partial charge on any atom is -0.310 e. The van der Waals surface area contributed by atoms with Crippen LogP contribution in [0.5, 0.6) is 0 Å². The Labute approximate surface area is 122 Å². The summed E-state index contributed by atoms with van der Waals surface area (Å²) in [6.45, 7) is 4.63. The number of allylic oxidation sites excluding steroid dienone is 3. The van der Waals surface area contributed by atoms with Gasteiger partial charge in [-0.25, -0.2) is 0 Å². The van der Waals surface area contributed by atoms with E-state index < -0.39 is 0 Å². The maximum absolute atomic E-state index is 3.82. The molecule has 0 aromatic heterocycles. The van der Waals surface area contributed by atoms with E-state index in [0.29, 0.717) is 12.1 Å². The average Bonchev–Trinajstić information content (AvgIpc) is 2.87.